The molecule has 0 bridgehead atoms. The highest BCUT2D eigenvalue weighted by molar-refractivity contribution is 5.94. The van der Waals surface area contributed by atoms with Crippen LogP contribution in [0.1, 0.15) is 61.0 Å². The largest absolute Gasteiger partial charge is 0.333 e. The Balaban J connectivity index is 0.000000556. The minimum atomic E-state index is -0.771. The number of benzene rings is 2. The highest BCUT2D eigenvalue weighted by atomic mass is 19.1. The molecule has 2 nitrogen and oxygen atoms in total. The molecular weight excluding hydrogens is 370 g/mol. The summed E-state index contributed by atoms with van der Waals surface area (Å²) in [4.78, 5) is 11.1. The third-order valence-electron chi connectivity index (χ3n) is 3.96. The fourth-order valence-electron chi connectivity index (χ4n) is 2.42. The van der Waals surface area contributed by atoms with Gasteiger partial charge in [-0.2, -0.15) is 0 Å². The molecule has 0 spiro atoms. The van der Waals surface area contributed by atoms with E-state index in [1.165, 1.54) is 38.2 Å². The van der Waals surface area contributed by atoms with Crippen molar-refractivity contribution in [1.29, 1.82) is 0 Å². The van der Waals surface area contributed by atoms with Crippen molar-refractivity contribution in [2.45, 2.75) is 52.9 Å². The van der Waals surface area contributed by atoms with Gasteiger partial charge in [-0.1, -0.05) is 38.3 Å². The van der Waals surface area contributed by atoms with Crippen molar-refractivity contribution >= 4 is 5.78 Å². The summed E-state index contributed by atoms with van der Waals surface area (Å²) < 4.78 is 51.5. The Morgan fingerprint density at radius 2 is 1.57 bits per heavy atom. The molecule has 0 radical (unpaired) electrons. The smallest absolute Gasteiger partial charge is 0.165 e. The van der Waals surface area contributed by atoms with Crippen molar-refractivity contribution in [2.75, 3.05) is 7.05 Å². The normalized spacial score (nSPS) is 9.75. The molecule has 156 valence electrons. The van der Waals surface area contributed by atoms with Crippen molar-refractivity contribution in [3.05, 3.63) is 70.3 Å². The molecule has 2 rings (SSSR count). The molecule has 0 aliphatic carbocycles. The van der Waals surface area contributed by atoms with Gasteiger partial charge in [0.2, 0.25) is 0 Å². The quantitative estimate of drug-likeness (QED) is 0.360. The Labute approximate surface area is 164 Å². The van der Waals surface area contributed by atoms with Gasteiger partial charge in [-0.05, 0) is 57.0 Å². The van der Waals surface area contributed by atoms with Gasteiger partial charge in [-0.15, -0.1) is 0 Å². The summed E-state index contributed by atoms with van der Waals surface area (Å²) in [5.41, 5.74) is 5.00. The summed E-state index contributed by atoms with van der Waals surface area (Å²) in [5.74, 6) is -3.04. The number of rotatable bonds is 6. The molecule has 6 heteroatoms. The molecule has 0 aromatic heterocycles. The highest BCUT2D eigenvalue weighted by Crippen LogP contribution is 2.19. The lowest BCUT2D eigenvalue weighted by Gasteiger charge is -2.07. The molecule has 0 saturated heterocycles. The van der Waals surface area contributed by atoms with Crippen molar-refractivity contribution in [2.24, 2.45) is 5.73 Å². The van der Waals surface area contributed by atoms with E-state index in [1.54, 1.807) is 6.92 Å². The van der Waals surface area contributed by atoms with Crippen molar-refractivity contribution in [3.63, 3.8) is 0 Å². The van der Waals surface area contributed by atoms with E-state index in [-0.39, 0.29) is 0 Å². The fourth-order valence-corrected chi connectivity index (χ4v) is 2.42. The van der Waals surface area contributed by atoms with Gasteiger partial charge in [-0.3, -0.25) is 4.79 Å². The number of Topliss-reactive ketones (excluding diaryl/α,β-unsaturated/α-hetero) is 1. The molecular formula is C22H29F4NO. The van der Waals surface area contributed by atoms with Gasteiger partial charge in [0.1, 0.15) is 23.3 Å². The van der Waals surface area contributed by atoms with Crippen LogP contribution in [-0.2, 0) is 6.42 Å². The van der Waals surface area contributed by atoms with E-state index in [0.717, 1.165) is 31.7 Å². The zero-order valence-corrected chi connectivity index (χ0v) is 16.9. The number of nitrogens with two attached hydrogens (primary N) is 1. The van der Waals surface area contributed by atoms with Gasteiger partial charge in [-0.25, -0.2) is 17.6 Å². The first-order valence-electron chi connectivity index (χ1n) is 9.25. The van der Waals surface area contributed by atoms with Gasteiger partial charge in [0.05, 0.1) is 5.56 Å². The molecule has 0 unspecified atom stereocenters. The lowest BCUT2D eigenvalue weighted by molar-refractivity contribution is 0.100. The summed E-state index contributed by atoms with van der Waals surface area (Å²) in [5, 5.41) is 0. The van der Waals surface area contributed by atoms with Crippen molar-refractivity contribution < 1.29 is 22.4 Å². The predicted octanol–water partition coefficient (Wildman–Crippen LogP) is 6.14. The number of ketones is 1. The number of aryl methyl sites for hydroxylation is 2. The van der Waals surface area contributed by atoms with Gasteiger partial charge in [0, 0.05) is 6.07 Å². The molecule has 2 aromatic carbocycles. The number of hydrogen-bond donors (Lipinski definition) is 1. The Bertz CT molecular complexity index is 748. The summed E-state index contributed by atoms with van der Waals surface area (Å²) in [6, 6.07) is 6.12. The van der Waals surface area contributed by atoms with Crippen LogP contribution in [0.15, 0.2) is 30.3 Å². The van der Waals surface area contributed by atoms with Crippen LogP contribution in [0, 0.1) is 30.2 Å². The van der Waals surface area contributed by atoms with E-state index in [9.17, 15) is 22.4 Å². The maximum absolute atomic E-state index is 13.8. The number of halogens is 4. The summed E-state index contributed by atoms with van der Waals surface area (Å²) in [7, 11) is 1.50. The van der Waals surface area contributed by atoms with Crippen LogP contribution < -0.4 is 5.73 Å². The molecule has 0 fully saturated rings. The predicted molar refractivity (Wildman–Crippen MR) is 105 cm³/mol. The van der Waals surface area contributed by atoms with Crippen LogP contribution >= 0.6 is 0 Å². The van der Waals surface area contributed by atoms with E-state index in [0.29, 0.717) is 17.5 Å². The first-order chi connectivity index (χ1) is 13.3. The van der Waals surface area contributed by atoms with Crippen molar-refractivity contribution in [3.8, 4) is 0 Å². The second kappa shape index (κ2) is 13.9. The van der Waals surface area contributed by atoms with Crippen LogP contribution in [0.25, 0.3) is 0 Å². The molecule has 0 aliphatic heterocycles. The fraction of sp³-hybridized carbons (Fsp3) is 0.409. The van der Waals surface area contributed by atoms with Crippen LogP contribution in [0.5, 0.6) is 0 Å². The second-order valence-corrected chi connectivity index (χ2v) is 6.16. The molecule has 0 atom stereocenters. The third kappa shape index (κ3) is 8.65. The minimum Gasteiger partial charge on any atom is -0.333 e. The molecule has 0 amide bonds. The van der Waals surface area contributed by atoms with E-state index in [2.05, 4.69) is 12.7 Å². The maximum atomic E-state index is 13.8. The Morgan fingerprint density at radius 3 is 2.07 bits per heavy atom. The number of carbonyl (C=O) groups is 1. The number of hydrogen-bond acceptors (Lipinski definition) is 2. The second-order valence-electron chi connectivity index (χ2n) is 6.16. The number of carbonyl (C=O) groups excluding carboxylic acids is 1. The van der Waals surface area contributed by atoms with Gasteiger partial charge >= 0.3 is 0 Å². The first-order valence-corrected chi connectivity index (χ1v) is 9.25. The maximum Gasteiger partial charge on any atom is 0.165 e. The zero-order chi connectivity index (χ0) is 21.7. The van der Waals surface area contributed by atoms with Crippen LogP contribution in [-0.4, -0.2) is 12.8 Å². The molecule has 0 saturated carbocycles. The first kappa shape index (κ1) is 25.8. The van der Waals surface area contributed by atoms with E-state index >= 15 is 0 Å². The topological polar surface area (TPSA) is 43.1 Å². The molecule has 2 aromatic rings. The Hall–Kier alpha value is -2.21. The monoisotopic (exact) mass is 399 g/mol. The lowest BCUT2D eigenvalue weighted by atomic mass is 10.0. The highest BCUT2D eigenvalue weighted by Gasteiger charge is 2.16. The van der Waals surface area contributed by atoms with Crippen LogP contribution in [0.2, 0.25) is 0 Å². The molecule has 0 aliphatic rings. The average molecular weight is 399 g/mol. The molecule has 2 N–H and O–H groups in total. The van der Waals surface area contributed by atoms with Gasteiger partial charge in [0.25, 0.3) is 0 Å². The van der Waals surface area contributed by atoms with Gasteiger partial charge < -0.3 is 5.73 Å². The molecule has 28 heavy (non-hydrogen) atoms. The summed E-state index contributed by atoms with van der Waals surface area (Å²) in [6.07, 6.45) is 4.69. The van der Waals surface area contributed by atoms with E-state index < -0.39 is 34.6 Å². The van der Waals surface area contributed by atoms with Crippen LogP contribution in [0.4, 0.5) is 17.6 Å². The van der Waals surface area contributed by atoms with Gasteiger partial charge in [0.15, 0.2) is 5.78 Å². The SMILES string of the molecule is CCCCCCc1ccc(F)c(C(C)=O)c1F.CN.Cc1ccc(F)cc1F. The van der Waals surface area contributed by atoms with E-state index in [1.807, 2.05) is 0 Å². The average Bonchev–Trinajstić information content (AvgIpc) is 2.65. The van der Waals surface area contributed by atoms with Crippen LogP contribution in [0.3, 0.4) is 0 Å². The summed E-state index contributed by atoms with van der Waals surface area (Å²) >= 11 is 0. The standard InChI is InChI=1S/C14H18F2O.C7H6F2.CH5N/c1-3-4-5-6-7-11-8-9-12(15)13(10(2)17)14(11)16;1-5-2-3-6(8)4-7(5)9;1-2/h8-9H,3-7H2,1-2H3;2-4H,1H3;2H2,1H3. The Kier molecular flexibility index (Phi) is 12.8. The zero-order valence-electron chi connectivity index (χ0n) is 16.9. The lowest BCUT2D eigenvalue weighted by Crippen LogP contribution is -2.05. The third-order valence-corrected chi connectivity index (χ3v) is 3.96. The van der Waals surface area contributed by atoms with Crippen molar-refractivity contribution in [1.82, 2.24) is 0 Å². The Morgan fingerprint density at radius 1 is 0.929 bits per heavy atom. The minimum absolute atomic E-state index is 0.405. The summed E-state index contributed by atoms with van der Waals surface area (Å²) in [6.45, 7) is 4.88. The number of unbranched alkanes of at least 4 members (excludes halogenated alkanes) is 3. The molecule has 0 heterocycles. The van der Waals surface area contributed by atoms with E-state index in [4.69, 9.17) is 0 Å².